The van der Waals surface area contributed by atoms with Gasteiger partial charge in [0.25, 0.3) is 11.8 Å². The molecule has 2 aliphatic rings. The molecule has 0 saturated carbocycles. The fourth-order valence-corrected chi connectivity index (χ4v) is 6.56. The lowest BCUT2D eigenvalue weighted by molar-refractivity contribution is 0.0664. The van der Waals surface area contributed by atoms with Gasteiger partial charge in [0, 0.05) is 48.0 Å². The van der Waals surface area contributed by atoms with E-state index in [1.54, 1.807) is 6.07 Å². The van der Waals surface area contributed by atoms with Gasteiger partial charge in [0.15, 0.2) is 0 Å². The molecule has 7 heteroatoms. The average molecular weight is 559 g/mol. The van der Waals surface area contributed by atoms with Crippen LogP contribution in [0.3, 0.4) is 0 Å². The summed E-state index contributed by atoms with van der Waals surface area (Å²) < 4.78 is 6.63. The highest BCUT2D eigenvalue weighted by Crippen LogP contribution is 2.44. The maximum atomic E-state index is 13.3. The molecule has 4 aromatic carbocycles. The minimum atomic E-state index is -0.497. The molecule has 42 heavy (non-hydrogen) atoms. The first-order valence-corrected chi connectivity index (χ1v) is 14.6. The molecule has 1 unspecified atom stereocenters. The van der Waals surface area contributed by atoms with Crippen molar-refractivity contribution >= 4 is 33.6 Å². The van der Waals surface area contributed by atoms with Crippen LogP contribution < -0.4 is 10.5 Å². The van der Waals surface area contributed by atoms with Gasteiger partial charge in [-0.05, 0) is 72.8 Å². The number of hydrogen-bond acceptors (Lipinski definition) is 4. The summed E-state index contributed by atoms with van der Waals surface area (Å²) in [6.07, 6.45) is 1.89. The molecule has 0 spiro atoms. The zero-order valence-electron chi connectivity index (χ0n) is 23.9. The van der Waals surface area contributed by atoms with Gasteiger partial charge >= 0.3 is 0 Å². The molecule has 7 nitrogen and oxygen atoms in total. The smallest absolute Gasteiger partial charge is 0.254 e. The number of benzene rings is 4. The first-order chi connectivity index (χ1) is 20.4. The number of aryl methyl sites for hydroxylation is 1. The largest absolute Gasteiger partial charge is 0.485 e. The Hall–Kier alpha value is -4.62. The fourth-order valence-electron chi connectivity index (χ4n) is 6.56. The van der Waals surface area contributed by atoms with Crippen LogP contribution in [0.4, 0.5) is 0 Å². The number of primary amides is 1. The number of amides is 2. The van der Waals surface area contributed by atoms with Crippen LogP contribution in [0, 0.1) is 6.92 Å². The summed E-state index contributed by atoms with van der Waals surface area (Å²) in [6, 6.07) is 24.2. The molecule has 5 aromatic rings. The summed E-state index contributed by atoms with van der Waals surface area (Å²) >= 11 is 0. The highest BCUT2D eigenvalue weighted by Gasteiger charge is 2.26. The summed E-state index contributed by atoms with van der Waals surface area (Å²) in [5.74, 6) is 0.456. The number of fused-ring (bicyclic) bond motifs is 4. The van der Waals surface area contributed by atoms with Gasteiger partial charge in [-0.15, -0.1) is 0 Å². The van der Waals surface area contributed by atoms with Gasteiger partial charge in [0.1, 0.15) is 11.9 Å². The highest BCUT2D eigenvalue weighted by atomic mass is 16.5. The van der Waals surface area contributed by atoms with Crippen LogP contribution in [0.25, 0.3) is 32.9 Å². The third-order valence-corrected chi connectivity index (χ3v) is 8.94. The van der Waals surface area contributed by atoms with Gasteiger partial charge in [0.2, 0.25) is 0 Å². The number of nitrogens with one attached hydrogen (secondary N) is 1. The SMILES string of the molecule is Cc1c(-c2ccc(C(N)=O)c3[nH]c4cc(C(=O)N5CCN(C)CC5)ccc4c23)ccc2c1OC(c1ccccc1)CC2. The second-order valence-electron chi connectivity index (χ2n) is 11.5. The Morgan fingerprint density at radius 2 is 1.69 bits per heavy atom. The van der Waals surface area contributed by atoms with Gasteiger partial charge in [-0.3, -0.25) is 9.59 Å². The van der Waals surface area contributed by atoms with E-state index in [4.69, 9.17) is 10.5 Å². The molecular formula is C35H34N4O3. The molecule has 1 saturated heterocycles. The number of rotatable bonds is 4. The van der Waals surface area contributed by atoms with Crippen LogP contribution in [-0.4, -0.2) is 59.8 Å². The number of carbonyl (C=O) groups excluding carboxylic acids is 2. The van der Waals surface area contributed by atoms with Crippen molar-refractivity contribution in [1.29, 1.82) is 0 Å². The number of piperazine rings is 1. The molecule has 2 aliphatic heterocycles. The molecule has 2 amide bonds. The lowest BCUT2D eigenvalue weighted by atomic mass is 9.89. The maximum absolute atomic E-state index is 13.3. The number of H-pyrrole nitrogens is 1. The Kier molecular flexibility index (Phi) is 6.47. The molecule has 1 atom stereocenters. The van der Waals surface area contributed by atoms with Crippen molar-refractivity contribution in [2.24, 2.45) is 5.73 Å². The lowest BCUT2D eigenvalue weighted by Gasteiger charge is -2.32. The van der Waals surface area contributed by atoms with Gasteiger partial charge in [-0.25, -0.2) is 0 Å². The predicted molar refractivity (Wildman–Crippen MR) is 166 cm³/mol. The van der Waals surface area contributed by atoms with Crippen LogP contribution in [0.15, 0.2) is 72.8 Å². The molecule has 212 valence electrons. The molecule has 7 rings (SSSR count). The number of ether oxygens (including phenoxy) is 1. The zero-order chi connectivity index (χ0) is 29.0. The number of aromatic nitrogens is 1. The van der Waals surface area contributed by atoms with Crippen LogP contribution in [0.5, 0.6) is 5.75 Å². The monoisotopic (exact) mass is 558 g/mol. The van der Waals surface area contributed by atoms with E-state index in [2.05, 4.69) is 60.3 Å². The number of nitrogens with two attached hydrogens (primary N) is 1. The van der Waals surface area contributed by atoms with Crippen LogP contribution >= 0.6 is 0 Å². The van der Waals surface area contributed by atoms with Crippen molar-refractivity contribution in [2.45, 2.75) is 25.9 Å². The van der Waals surface area contributed by atoms with Gasteiger partial charge < -0.3 is 25.3 Å². The standard InChI is InChI=1S/C35H34N4O3/c1-21-25(11-8-23-10-15-30(42-33(21)23)22-6-4-3-5-7-22)26-13-14-28(34(36)40)32-31(26)27-12-9-24(20-29(27)37-32)35(41)39-18-16-38(2)17-19-39/h3-9,11-14,20,30,37H,10,15-19H2,1-2H3,(H2,36,40). The molecule has 1 fully saturated rings. The minimum absolute atomic E-state index is 0.00857. The summed E-state index contributed by atoms with van der Waals surface area (Å²) in [7, 11) is 2.07. The van der Waals surface area contributed by atoms with E-state index in [9.17, 15) is 9.59 Å². The quantitative estimate of drug-likeness (QED) is 0.290. The molecule has 3 N–H and O–H groups in total. The van der Waals surface area contributed by atoms with Crippen molar-refractivity contribution in [3.8, 4) is 16.9 Å². The van der Waals surface area contributed by atoms with E-state index in [1.807, 2.05) is 35.2 Å². The third kappa shape index (κ3) is 4.41. The minimum Gasteiger partial charge on any atom is -0.485 e. The Morgan fingerprint density at radius 1 is 0.929 bits per heavy atom. The molecule has 0 bridgehead atoms. The molecule has 0 aliphatic carbocycles. The predicted octanol–water partition coefficient (Wildman–Crippen LogP) is 5.85. The number of likely N-dealkylation sites (N-methyl/N-ethyl adjacent to an activating group) is 1. The van der Waals surface area contributed by atoms with Crippen LogP contribution in [0.1, 0.15) is 49.9 Å². The van der Waals surface area contributed by atoms with E-state index in [0.717, 1.165) is 64.7 Å². The highest BCUT2D eigenvalue weighted by molar-refractivity contribution is 6.20. The molecule has 0 radical (unpaired) electrons. The summed E-state index contributed by atoms with van der Waals surface area (Å²) in [6.45, 7) is 5.25. The number of hydrogen-bond donors (Lipinski definition) is 2. The molecule has 1 aromatic heterocycles. The Labute approximate surface area is 244 Å². The van der Waals surface area contributed by atoms with Crippen molar-refractivity contribution in [1.82, 2.24) is 14.8 Å². The molecule has 3 heterocycles. The third-order valence-electron chi connectivity index (χ3n) is 8.94. The van der Waals surface area contributed by atoms with Crippen molar-refractivity contribution < 1.29 is 14.3 Å². The maximum Gasteiger partial charge on any atom is 0.254 e. The van der Waals surface area contributed by atoms with Gasteiger partial charge in [-0.1, -0.05) is 54.6 Å². The fraction of sp³-hybridized carbons (Fsp3) is 0.257. The molecular weight excluding hydrogens is 524 g/mol. The number of carbonyl (C=O) groups is 2. The lowest BCUT2D eigenvalue weighted by Crippen LogP contribution is -2.47. The van der Waals surface area contributed by atoms with Crippen LogP contribution in [0.2, 0.25) is 0 Å². The topological polar surface area (TPSA) is 91.7 Å². The van der Waals surface area contributed by atoms with E-state index < -0.39 is 5.91 Å². The Bertz CT molecular complexity index is 1850. The second-order valence-corrected chi connectivity index (χ2v) is 11.5. The van der Waals surface area contributed by atoms with E-state index in [0.29, 0.717) is 29.7 Å². The van der Waals surface area contributed by atoms with Crippen molar-refractivity contribution in [2.75, 3.05) is 33.2 Å². The second kappa shape index (κ2) is 10.3. The number of nitrogens with zero attached hydrogens (tertiary/aromatic N) is 2. The summed E-state index contributed by atoms with van der Waals surface area (Å²) in [5, 5.41) is 1.86. The Morgan fingerprint density at radius 3 is 2.45 bits per heavy atom. The first-order valence-electron chi connectivity index (χ1n) is 14.6. The number of aromatic amines is 1. The summed E-state index contributed by atoms with van der Waals surface area (Å²) in [4.78, 5) is 33.4. The van der Waals surface area contributed by atoms with Gasteiger partial charge in [0.05, 0.1) is 11.1 Å². The van der Waals surface area contributed by atoms with Crippen molar-refractivity contribution in [3.05, 3.63) is 101 Å². The summed E-state index contributed by atoms with van der Waals surface area (Å²) in [5.41, 5.74) is 13.9. The van der Waals surface area contributed by atoms with E-state index in [-0.39, 0.29) is 12.0 Å². The van der Waals surface area contributed by atoms with Gasteiger partial charge in [-0.2, -0.15) is 0 Å². The van der Waals surface area contributed by atoms with Crippen molar-refractivity contribution in [3.63, 3.8) is 0 Å². The Balaban J connectivity index is 1.33. The van der Waals surface area contributed by atoms with E-state index >= 15 is 0 Å². The first kappa shape index (κ1) is 26.3. The van der Waals surface area contributed by atoms with E-state index in [1.165, 1.54) is 11.1 Å². The normalized spacial score (nSPS) is 17.3. The van der Waals surface area contributed by atoms with Crippen LogP contribution in [-0.2, 0) is 6.42 Å². The zero-order valence-corrected chi connectivity index (χ0v) is 23.9. The average Bonchev–Trinajstić information content (AvgIpc) is 3.40.